The molecule has 2 aliphatic rings. The van der Waals surface area contributed by atoms with Gasteiger partial charge in [-0.05, 0) is 31.0 Å². The first-order valence-corrected chi connectivity index (χ1v) is 10.5. The SMILES string of the molecule is O=C(CSc1ccccc1)NCc1cc2n(n1)CCN(C(=O)C1CCC1)C2. The highest BCUT2D eigenvalue weighted by Crippen LogP contribution is 2.29. The summed E-state index contributed by atoms with van der Waals surface area (Å²) in [6.45, 7) is 2.50. The summed E-state index contributed by atoms with van der Waals surface area (Å²) in [5, 5.41) is 7.50. The van der Waals surface area contributed by atoms with Crippen molar-refractivity contribution in [2.45, 2.75) is 43.8 Å². The molecule has 4 rings (SSSR count). The van der Waals surface area contributed by atoms with Gasteiger partial charge in [0.05, 0.1) is 36.8 Å². The lowest BCUT2D eigenvalue weighted by Gasteiger charge is -2.34. The molecule has 1 saturated carbocycles. The normalized spacial score (nSPS) is 16.5. The Morgan fingerprint density at radius 3 is 2.74 bits per heavy atom. The maximum absolute atomic E-state index is 12.4. The summed E-state index contributed by atoms with van der Waals surface area (Å²) in [5.74, 6) is 0.916. The summed E-state index contributed by atoms with van der Waals surface area (Å²) in [6.07, 6.45) is 3.24. The summed E-state index contributed by atoms with van der Waals surface area (Å²) in [5.41, 5.74) is 1.90. The fraction of sp³-hybridized carbons (Fsp3) is 0.450. The monoisotopic (exact) mass is 384 g/mol. The predicted molar refractivity (Wildman–Crippen MR) is 104 cm³/mol. The average molecular weight is 385 g/mol. The molecule has 0 bridgehead atoms. The third-order valence-electron chi connectivity index (χ3n) is 5.19. The lowest BCUT2D eigenvalue weighted by Crippen LogP contribution is -2.43. The van der Waals surface area contributed by atoms with Crippen LogP contribution in [-0.4, -0.2) is 38.8 Å². The van der Waals surface area contributed by atoms with Crippen molar-refractivity contribution < 1.29 is 9.59 Å². The van der Waals surface area contributed by atoms with Gasteiger partial charge in [-0.2, -0.15) is 5.10 Å². The lowest BCUT2D eigenvalue weighted by molar-refractivity contribution is -0.139. The largest absolute Gasteiger partial charge is 0.350 e. The van der Waals surface area contributed by atoms with Gasteiger partial charge in [0.15, 0.2) is 0 Å². The second-order valence-corrected chi connectivity index (χ2v) is 8.16. The standard InChI is InChI=1S/C20H24N4O2S/c25-19(14-27-18-7-2-1-3-8-18)21-12-16-11-17-13-23(9-10-24(17)22-16)20(26)15-5-4-6-15/h1-3,7-8,11,15H,4-6,9-10,12-14H2,(H,21,25). The molecule has 6 nitrogen and oxygen atoms in total. The van der Waals surface area contributed by atoms with Gasteiger partial charge in [0, 0.05) is 17.4 Å². The molecule has 2 amide bonds. The van der Waals surface area contributed by atoms with Gasteiger partial charge in [0.25, 0.3) is 0 Å². The van der Waals surface area contributed by atoms with Crippen LogP contribution in [0.5, 0.6) is 0 Å². The van der Waals surface area contributed by atoms with Crippen molar-refractivity contribution in [3.05, 3.63) is 47.8 Å². The van der Waals surface area contributed by atoms with E-state index in [0.717, 1.165) is 42.2 Å². The van der Waals surface area contributed by atoms with E-state index >= 15 is 0 Å². The Kier molecular flexibility index (Phi) is 5.48. The van der Waals surface area contributed by atoms with Gasteiger partial charge in [-0.15, -0.1) is 11.8 Å². The minimum Gasteiger partial charge on any atom is -0.350 e. The zero-order valence-corrected chi connectivity index (χ0v) is 16.1. The van der Waals surface area contributed by atoms with Crippen LogP contribution in [0.3, 0.4) is 0 Å². The third-order valence-corrected chi connectivity index (χ3v) is 6.21. The van der Waals surface area contributed by atoms with Crippen molar-refractivity contribution in [2.75, 3.05) is 12.3 Å². The number of hydrogen-bond acceptors (Lipinski definition) is 4. The maximum atomic E-state index is 12.4. The Labute approximate surface area is 163 Å². The van der Waals surface area contributed by atoms with Crippen molar-refractivity contribution in [3.63, 3.8) is 0 Å². The molecule has 142 valence electrons. The number of carbonyl (C=O) groups is 2. The molecule has 2 heterocycles. The molecule has 1 aliphatic carbocycles. The van der Waals surface area contributed by atoms with E-state index in [1.807, 2.05) is 46.0 Å². The lowest BCUT2D eigenvalue weighted by atomic mass is 9.84. The fourth-order valence-electron chi connectivity index (χ4n) is 3.42. The van der Waals surface area contributed by atoms with E-state index in [-0.39, 0.29) is 11.8 Å². The number of benzene rings is 1. The quantitative estimate of drug-likeness (QED) is 0.777. The van der Waals surface area contributed by atoms with Gasteiger partial charge in [0.1, 0.15) is 0 Å². The zero-order chi connectivity index (χ0) is 18.6. The molecular weight excluding hydrogens is 360 g/mol. The highest BCUT2D eigenvalue weighted by atomic mass is 32.2. The third kappa shape index (κ3) is 4.35. The summed E-state index contributed by atoms with van der Waals surface area (Å²) < 4.78 is 1.96. The Balaban J connectivity index is 1.27. The summed E-state index contributed by atoms with van der Waals surface area (Å²) in [7, 11) is 0. The molecule has 0 atom stereocenters. The van der Waals surface area contributed by atoms with Crippen LogP contribution in [0.2, 0.25) is 0 Å². The molecule has 1 aliphatic heterocycles. The van der Waals surface area contributed by atoms with Crippen LogP contribution in [-0.2, 0) is 29.2 Å². The van der Waals surface area contributed by atoms with Gasteiger partial charge in [0.2, 0.25) is 11.8 Å². The molecule has 1 aromatic heterocycles. The summed E-state index contributed by atoms with van der Waals surface area (Å²) in [4.78, 5) is 27.5. The molecule has 0 saturated heterocycles. The van der Waals surface area contributed by atoms with Crippen LogP contribution in [0.15, 0.2) is 41.3 Å². The Morgan fingerprint density at radius 1 is 1.19 bits per heavy atom. The highest BCUT2D eigenvalue weighted by molar-refractivity contribution is 8.00. The van der Waals surface area contributed by atoms with Gasteiger partial charge in [-0.1, -0.05) is 24.6 Å². The maximum Gasteiger partial charge on any atom is 0.230 e. The van der Waals surface area contributed by atoms with Gasteiger partial charge in [-0.3, -0.25) is 14.3 Å². The molecule has 0 radical (unpaired) electrons. The number of thioether (sulfide) groups is 1. The van der Waals surface area contributed by atoms with Crippen LogP contribution in [0.25, 0.3) is 0 Å². The van der Waals surface area contributed by atoms with Crippen molar-refractivity contribution in [1.29, 1.82) is 0 Å². The Hall–Kier alpha value is -2.28. The van der Waals surface area contributed by atoms with Gasteiger partial charge in [-0.25, -0.2) is 0 Å². The first-order valence-electron chi connectivity index (χ1n) is 9.48. The molecule has 0 unspecified atom stereocenters. The van der Waals surface area contributed by atoms with E-state index < -0.39 is 0 Å². The average Bonchev–Trinajstić information content (AvgIpc) is 3.06. The Bertz CT molecular complexity index is 817. The van der Waals surface area contributed by atoms with Crippen LogP contribution in [0.4, 0.5) is 0 Å². The summed E-state index contributed by atoms with van der Waals surface area (Å²) in [6, 6.07) is 11.9. The minimum absolute atomic E-state index is 0.00314. The Morgan fingerprint density at radius 2 is 2.00 bits per heavy atom. The van der Waals surface area contributed by atoms with E-state index in [1.165, 1.54) is 18.2 Å². The van der Waals surface area contributed by atoms with Gasteiger partial charge >= 0.3 is 0 Å². The number of rotatable bonds is 6. The minimum atomic E-state index is -0.00314. The number of nitrogens with one attached hydrogen (secondary N) is 1. The van der Waals surface area contributed by atoms with E-state index in [4.69, 9.17) is 0 Å². The fourth-order valence-corrected chi connectivity index (χ4v) is 4.17. The molecule has 1 fully saturated rings. The number of aromatic nitrogens is 2. The molecule has 7 heteroatoms. The van der Waals surface area contributed by atoms with E-state index in [1.54, 1.807) is 0 Å². The van der Waals surface area contributed by atoms with Crippen LogP contribution >= 0.6 is 11.8 Å². The van der Waals surface area contributed by atoms with Crippen molar-refractivity contribution in [1.82, 2.24) is 20.0 Å². The van der Waals surface area contributed by atoms with Gasteiger partial charge < -0.3 is 10.2 Å². The van der Waals surface area contributed by atoms with Crippen LogP contribution in [0.1, 0.15) is 30.7 Å². The van der Waals surface area contributed by atoms with Crippen molar-refractivity contribution >= 4 is 23.6 Å². The molecule has 0 spiro atoms. The van der Waals surface area contributed by atoms with Crippen LogP contribution < -0.4 is 5.32 Å². The van der Waals surface area contributed by atoms with Crippen LogP contribution in [0, 0.1) is 5.92 Å². The molecule has 1 N–H and O–H groups in total. The summed E-state index contributed by atoms with van der Waals surface area (Å²) >= 11 is 1.52. The molecule has 1 aromatic carbocycles. The molecular formula is C20H24N4O2S. The number of fused-ring (bicyclic) bond motifs is 1. The first kappa shape index (κ1) is 18.1. The van der Waals surface area contributed by atoms with E-state index in [9.17, 15) is 9.59 Å². The smallest absolute Gasteiger partial charge is 0.230 e. The number of nitrogens with zero attached hydrogens (tertiary/aromatic N) is 3. The zero-order valence-electron chi connectivity index (χ0n) is 15.3. The second-order valence-electron chi connectivity index (χ2n) is 7.12. The van der Waals surface area contributed by atoms with E-state index in [0.29, 0.717) is 24.7 Å². The second kappa shape index (κ2) is 8.17. The molecule has 2 aromatic rings. The number of hydrogen-bond donors (Lipinski definition) is 1. The van der Waals surface area contributed by atoms with Crippen molar-refractivity contribution in [3.8, 4) is 0 Å². The number of carbonyl (C=O) groups excluding carboxylic acids is 2. The van der Waals surface area contributed by atoms with E-state index in [2.05, 4.69) is 10.4 Å². The predicted octanol–water partition coefficient (Wildman–Crippen LogP) is 2.43. The van der Waals surface area contributed by atoms with Crippen molar-refractivity contribution in [2.24, 2.45) is 5.92 Å². The highest BCUT2D eigenvalue weighted by Gasteiger charge is 2.31. The molecule has 27 heavy (non-hydrogen) atoms. The topological polar surface area (TPSA) is 67.2 Å². The number of amides is 2. The first-order chi connectivity index (χ1) is 13.2.